The largest absolute Gasteiger partial charge is 0.465 e. The number of hydrogen-bond donors (Lipinski definition) is 0. The Balaban J connectivity index is 1.91. The summed E-state index contributed by atoms with van der Waals surface area (Å²) in [5, 5.41) is 0.0279. The minimum absolute atomic E-state index is 0.0279. The highest BCUT2D eigenvalue weighted by atomic mass is 35.5. The van der Waals surface area contributed by atoms with Crippen molar-refractivity contribution in [2.24, 2.45) is 0 Å². The van der Waals surface area contributed by atoms with Gasteiger partial charge in [-0.15, -0.1) is 6.58 Å². The molecule has 0 atom stereocenters. The topological polar surface area (TPSA) is 90.0 Å². The Morgan fingerprint density at radius 1 is 1.00 bits per heavy atom. The van der Waals surface area contributed by atoms with Crippen molar-refractivity contribution in [3.63, 3.8) is 0 Å². The molecule has 0 aliphatic heterocycles. The van der Waals surface area contributed by atoms with Crippen LogP contribution in [-0.2, 0) is 14.8 Å². The number of carbonyl (C=O) groups is 2. The second kappa shape index (κ2) is 10.3. The van der Waals surface area contributed by atoms with Gasteiger partial charge in [-0.3, -0.25) is 4.31 Å². The number of ether oxygens (including phenoxy) is 2. The molecule has 0 spiro atoms. The van der Waals surface area contributed by atoms with Crippen LogP contribution in [0.4, 0.5) is 5.69 Å². The summed E-state index contributed by atoms with van der Waals surface area (Å²) in [6, 6.07) is 18.0. The lowest BCUT2D eigenvalue weighted by molar-refractivity contribution is 0.0600. The van der Waals surface area contributed by atoms with Gasteiger partial charge in [-0.25, -0.2) is 18.0 Å². The monoisotopic (exact) mass is 485 g/mol. The van der Waals surface area contributed by atoms with Gasteiger partial charge in [0.1, 0.15) is 5.75 Å². The zero-order valence-electron chi connectivity index (χ0n) is 17.6. The van der Waals surface area contributed by atoms with Crippen LogP contribution in [-0.4, -0.2) is 34.0 Å². The summed E-state index contributed by atoms with van der Waals surface area (Å²) in [7, 11) is -2.78. The van der Waals surface area contributed by atoms with Crippen molar-refractivity contribution < 1.29 is 27.5 Å². The van der Waals surface area contributed by atoms with Crippen LogP contribution < -0.4 is 9.04 Å². The SMILES string of the molecule is C=CCN(c1ccccc1)S(=O)(=O)c1ccc(Cl)c(C(=O)Oc2ccc(C(=O)OC)cc2)c1. The summed E-state index contributed by atoms with van der Waals surface area (Å²) in [4.78, 5) is 24.1. The van der Waals surface area contributed by atoms with Crippen molar-refractivity contribution in [1.82, 2.24) is 0 Å². The minimum Gasteiger partial charge on any atom is -0.465 e. The van der Waals surface area contributed by atoms with E-state index in [1.807, 2.05) is 0 Å². The molecule has 7 nitrogen and oxygen atoms in total. The third kappa shape index (κ3) is 5.42. The summed E-state index contributed by atoms with van der Waals surface area (Å²) in [6.07, 6.45) is 1.47. The molecule has 0 unspecified atom stereocenters. The highest BCUT2D eigenvalue weighted by molar-refractivity contribution is 7.92. The summed E-state index contributed by atoms with van der Waals surface area (Å²) >= 11 is 6.16. The number of nitrogens with zero attached hydrogens (tertiary/aromatic N) is 1. The van der Waals surface area contributed by atoms with Crippen molar-refractivity contribution in [3.8, 4) is 5.75 Å². The molecular weight excluding hydrogens is 466 g/mol. The highest BCUT2D eigenvalue weighted by Gasteiger charge is 2.26. The number of anilines is 1. The van der Waals surface area contributed by atoms with Crippen LogP contribution in [0, 0.1) is 0 Å². The number of sulfonamides is 1. The van der Waals surface area contributed by atoms with E-state index in [1.165, 1.54) is 60.0 Å². The Morgan fingerprint density at radius 2 is 1.67 bits per heavy atom. The highest BCUT2D eigenvalue weighted by Crippen LogP contribution is 2.27. The van der Waals surface area contributed by atoms with E-state index in [4.69, 9.17) is 16.3 Å². The molecule has 3 aromatic rings. The molecule has 0 N–H and O–H groups in total. The molecule has 0 aliphatic rings. The van der Waals surface area contributed by atoms with E-state index in [9.17, 15) is 18.0 Å². The molecule has 0 radical (unpaired) electrons. The van der Waals surface area contributed by atoms with Crippen molar-refractivity contribution in [2.75, 3.05) is 18.0 Å². The van der Waals surface area contributed by atoms with E-state index in [2.05, 4.69) is 11.3 Å². The third-order valence-electron chi connectivity index (χ3n) is 4.57. The van der Waals surface area contributed by atoms with Crippen molar-refractivity contribution in [2.45, 2.75) is 4.90 Å². The zero-order valence-corrected chi connectivity index (χ0v) is 19.2. The van der Waals surface area contributed by atoms with Crippen molar-refractivity contribution in [3.05, 3.63) is 102 Å². The number of benzene rings is 3. The predicted molar refractivity (Wildman–Crippen MR) is 125 cm³/mol. The lowest BCUT2D eigenvalue weighted by Gasteiger charge is -2.23. The number of carbonyl (C=O) groups excluding carboxylic acids is 2. The number of rotatable bonds is 8. The second-order valence-corrected chi connectivity index (χ2v) is 8.98. The molecule has 170 valence electrons. The maximum absolute atomic E-state index is 13.3. The predicted octanol–water partition coefficient (Wildman–Crippen LogP) is 4.73. The average Bonchev–Trinajstić information content (AvgIpc) is 2.83. The maximum Gasteiger partial charge on any atom is 0.345 e. The summed E-state index contributed by atoms with van der Waals surface area (Å²) in [6.45, 7) is 3.66. The average molecular weight is 486 g/mol. The molecule has 0 saturated heterocycles. The van der Waals surface area contributed by atoms with E-state index in [0.29, 0.717) is 5.69 Å². The Hall–Kier alpha value is -3.62. The summed E-state index contributed by atoms with van der Waals surface area (Å²) in [5.74, 6) is -1.23. The Bertz CT molecular complexity index is 1270. The lowest BCUT2D eigenvalue weighted by atomic mass is 10.2. The standard InChI is InChI=1S/C24H20ClNO6S/c1-3-15-26(18-7-5-4-6-8-18)33(29,30)20-13-14-22(25)21(16-20)24(28)32-19-11-9-17(10-12-19)23(27)31-2/h3-14,16H,1,15H2,2H3. The zero-order chi connectivity index (χ0) is 24.0. The first kappa shape index (κ1) is 24.0. The van der Waals surface area contributed by atoms with E-state index in [-0.39, 0.29) is 33.3 Å². The van der Waals surface area contributed by atoms with E-state index >= 15 is 0 Å². The molecule has 0 heterocycles. The van der Waals surface area contributed by atoms with Crippen LogP contribution in [0.3, 0.4) is 0 Å². The van der Waals surface area contributed by atoms with Crippen LogP contribution in [0.5, 0.6) is 5.75 Å². The van der Waals surface area contributed by atoms with Gasteiger partial charge in [-0.1, -0.05) is 35.9 Å². The van der Waals surface area contributed by atoms with Crippen molar-refractivity contribution >= 4 is 39.3 Å². The first-order valence-corrected chi connectivity index (χ1v) is 11.5. The fraction of sp³-hybridized carbons (Fsp3) is 0.0833. The van der Waals surface area contributed by atoms with Crippen LogP contribution in [0.2, 0.25) is 5.02 Å². The van der Waals surface area contributed by atoms with Gasteiger partial charge in [0.2, 0.25) is 0 Å². The lowest BCUT2D eigenvalue weighted by Crippen LogP contribution is -2.31. The molecule has 0 saturated carbocycles. The Labute approximate surface area is 196 Å². The van der Waals surface area contributed by atoms with Gasteiger partial charge >= 0.3 is 11.9 Å². The Kier molecular flexibility index (Phi) is 7.52. The summed E-state index contributed by atoms with van der Waals surface area (Å²) in [5.41, 5.74) is 0.607. The van der Waals surface area contributed by atoms with E-state index in [1.54, 1.807) is 30.3 Å². The Morgan fingerprint density at radius 3 is 2.27 bits per heavy atom. The maximum atomic E-state index is 13.3. The molecule has 0 aromatic heterocycles. The van der Waals surface area contributed by atoms with Crippen LogP contribution >= 0.6 is 11.6 Å². The molecule has 0 fully saturated rings. The molecule has 9 heteroatoms. The van der Waals surface area contributed by atoms with Crippen LogP contribution in [0.25, 0.3) is 0 Å². The molecule has 0 amide bonds. The van der Waals surface area contributed by atoms with Crippen LogP contribution in [0.15, 0.2) is 90.3 Å². The van der Waals surface area contributed by atoms with Crippen LogP contribution in [0.1, 0.15) is 20.7 Å². The number of esters is 2. The van der Waals surface area contributed by atoms with Gasteiger partial charge in [0.25, 0.3) is 10.0 Å². The van der Waals surface area contributed by atoms with Gasteiger partial charge in [0.05, 0.1) is 40.4 Å². The molecule has 3 aromatic carbocycles. The molecule has 3 rings (SSSR count). The van der Waals surface area contributed by atoms with Gasteiger partial charge in [-0.05, 0) is 54.6 Å². The number of para-hydroxylation sites is 1. The van der Waals surface area contributed by atoms with E-state index in [0.717, 1.165) is 0 Å². The first-order valence-electron chi connectivity index (χ1n) is 9.66. The first-order chi connectivity index (χ1) is 15.8. The quantitative estimate of drug-likeness (QED) is 0.260. The smallest absolute Gasteiger partial charge is 0.345 e. The summed E-state index contributed by atoms with van der Waals surface area (Å²) < 4.78 is 37.8. The van der Waals surface area contributed by atoms with E-state index < -0.39 is 22.0 Å². The molecule has 0 bridgehead atoms. The molecule has 0 aliphatic carbocycles. The number of halogens is 1. The van der Waals surface area contributed by atoms with Crippen molar-refractivity contribution in [1.29, 1.82) is 0 Å². The van der Waals surface area contributed by atoms with Gasteiger partial charge in [0.15, 0.2) is 0 Å². The van der Waals surface area contributed by atoms with Gasteiger partial charge in [0, 0.05) is 0 Å². The fourth-order valence-corrected chi connectivity index (χ4v) is 4.60. The second-order valence-electron chi connectivity index (χ2n) is 6.71. The minimum atomic E-state index is -4.04. The normalized spacial score (nSPS) is 10.8. The van der Waals surface area contributed by atoms with Gasteiger partial charge < -0.3 is 9.47 Å². The number of methoxy groups -OCH3 is 1. The molecular formula is C24H20ClNO6S. The third-order valence-corrected chi connectivity index (χ3v) is 6.69. The number of hydrogen-bond acceptors (Lipinski definition) is 6. The fourth-order valence-electron chi connectivity index (χ4n) is 2.94. The van der Waals surface area contributed by atoms with Gasteiger partial charge in [-0.2, -0.15) is 0 Å². The molecule has 33 heavy (non-hydrogen) atoms.